The third kappa shape index (κ3) is 3.25. The van der Waals surface area contributed by atoms with E-state index in [1.54, 1.807) is 24.3 Å². The molecule has 0 spiro atoms. The molecule has 2 aromatic rings. The molecule has 3 N–H and O–H groups in total. The Labute approximate surface area is 117 Å². The van der Waals surface area contributed by atoms with E-state index in [1.807, 2.05) is 19.1 Å². The summed E-state index contributed by atoms with van der Waals surface area (Å²) in [5.41, 5.74) is 8.22. The van der Waals surface area contributed by atoms with E-state index in [1.165, 1.54) is 6.07 Å². The van der Waals surface area contributed by atoms with Gasteiger partial charge in [0.1, 0.15) is 5.82 Å². The molecule has 0 saturated carbocycles. The molecule has 2 nitrogen and oxygen atoms in total. The lowest BCUT2D eigenvalue weighted by atomic mass is 10.1. The van der Waals surface area contributed by atoms with Gasteiger partial charge in [-0.1, -0.05) is 29.8 Å². The van der Waals surface area contributed by atoms with Gasteiger partial charge in [0, 0.05) is 22.8 Å². The summed E-state index contributed by atoms with van der Waals surface area (Å²) >= 11 is 5.92. The summed E-state index contributed by atoms with van der Waals surface area (Å²) in [6.45, 7) is 2.26. The SMILES string of the molecule is Cc1cc(Cl)ccc1NC(CN)c1ccccc1F. The van der Waals surface area contributed by atoms with Crippen molar-refractivity contribution in [1.82, 2.24) is 0 Å². The molecular formula is C15H16ClFN2. The number of nitrogens with one attached hydrogen (secondary N) is 1. The molecule has 0 aliphatic carbocycles. The van der Waals surface area contributed by atoms with Crippen LogP contribution in [0.3, 0.4) is 0 Å². The molecule has 1 atom stereocenters. The Hall–Kier alpha value is -1.58. The van der Waals surface area contributed by atoms with Gasteiger partial charge in [-0.15, -0.1) is 0 Å². The zero-order valence-corrected chi connectivity index (χ0v) is 11.4. The van der Waals surface area contributed by atoms with Gasteiger partial charge in [-0.2, -0.15) is 0 Å². The van der Waals surface area contributed by atoms with Crippen molar-refractivity contribution in [2.45, 2.75) is 13.0 Å². The highest BCUT2D eigenvalue weighted by molar-refractivity contribution is 6.30. The van der Waals surface area contributed by atoms with E-state index in [-0.39, 0.29) is 11.9 Å². The summed E-state index contributed by atoms with van der Waals surface area (Å²) in [6.07, 6.45) is 0. The fraction of sp³-hybridized carbons (Fsp3) is 0.200. The van der Waals surface area contributed by atoms with Crippen molar-refractivity contribution < 1.29 is 4.39 Å². The molecule has 0 saturated heterocycles. The van der Waals surface area contributed by atoms with Crippen LogP contribution in [0.1, 0.15) is 17.2 Å². The Kier molecular flexibility index (Phi) is 4.40. The van der Waals surface area contributed by atoms with Crippen LogP contribution in [0.5, 0.6) is 0 Å². The zero-order valence-electron chi connectivity index (χ0n) is 10.7. The Morgan fingerprint density at radius 1 is 1.26 bits per heavy atom. The van der Waals surface area contributed by atoms with Crippen molar-refractivity contribution in [3.63, 3.8) is 0 Å². The van der Waals surface area contributed by atoms with Crippen LogP contribution in [0.25, 0.3) is 0 Å². The minimum absolute atomic E-state index is 0.253. The second kappa shape index (κ2) is 6.04. The molecule has 0 radical (unpaired) electrons. The zero-order chi connectivity index (χ0) is 13.8. The maximum Gasteiger partial charge on any atom is 0.128 e. The standard InChI is InChI=1S/C15H16ClFN2/c1-10-8-11(16)6-7-14(10)19-15(9-18)12-4-2-3-5-13(12)17/h2-8,15,19H,9,18H2,1H3. The van der Waals surface area contributed by atoms with E-state index in [0.29, 0.717) is 17.1 Å². The van der Waals surface area contributed by atoms with Crippen LogP contribution in [-0.2, 0) is 0 Å². The first-order valence-corrected chi connectivity index (χ1v) is 6.47. The van der Waals surface area contributed by atoms with E-state index in [9.17, 15) is 4.39 Å². The van der Waals surface area contributed by atoms with Gasteiger partial charge in [-0.3, -0.25) is 0 Å². The summed E-state index contributed by atoms with van der Waals surface area (Å²) in [5, 5.41) is 3.94. The highest BCUT2D eigenvalue weighted by atomic mass is 35.5. The predicted octanol–water partition coefficient (Wildman–Crippen LogP) is 3.90. The Morgan fingerprint density at radius 2 is 2.00 bits per heavy atom. The summed E-state index contributed by atoms with van der Waals surface area (Å²) in [4.78, 5) is 0. The topological polar surface area (TPSA) is 38.0 Å². The number of aryl methyl sites for hydroxylation is 1. The summed E-state index contributed by atoms with van der Waals surface area (Å²) in [7, 11) is 0. The number of anilines is 1. The Balaban J connectivity index is 2.27. The van der Waals surface area contributed by atoms with Crippen molar-refractivity contribution in [3.05, 3.63) is 64.4 Å². The van der Waals surface area contributed by atoms with E-state index < -0.39 is 0 Å². The van der Waals surface area contributed by atoms with Crippen LogP contribution in [0.15, 0.2) is 42.5 Å². The number of hydrogen-bond acceptors (Lipinski definition) is 2. The van der Waals surface area contributed by atoms with Crippen LogP contribution < -0.4 is 11.1 Å². The van der Waals surface area contributed by atoms with Gasteiger partial charge in [0.15, 0.2) is 0 Å². The fourth-order valence-corrected chi connectivity index (χ4v) is 2.22. The Bertz CT molecular complexity index is 572. The van der Waals surface area contributed by atoms with Gasteiger partial charge < -0.3 is 11.1 Å². The van der Waals surface area contributed by atoms with Crippen molar-refractivity contribution in [1.29, 1.82) is 0 Å². The number of nitrogens with two attached hydrogens (primary N) is 1. The van der Waals surface area contributed by atoms with Crippen molar-refractivity contribution >= 4 is 17.3 Å². The summed E-state index contributed by atoms with van der Waals surface area (Å²) < 4.78 is 13.8. The first-order valence-electron chi connectivity index (χ1n) is 6.09. The van der Waals surface area contributed by atoms with Gasteiger partial charge in [-0.25, -0.2) is 4.39 Å². The van der Waals surface area contributed by atoms with Gasteiger partial charge in [0.05, 0.1) is 6.04 Å². The number of benzene rings is 2. The average Bonchev–Trinajstić information content (AvgIpc) is 2.39. The number of halogens is 2. The molecule has 0 bridgehead atoms. The van der Waals surface area contributed by atoms with Crippen LogP contribution in [-0.4, -0.2) is 6.54 Å². The number of rotatable bonds is 4. The van der Waals surface area contributed by atoms with Gasteiger partial charge in [-0.05, 0) is 36.8 Å². The number of hydrogen-bond donors (Lipinski definition) is 2. The largest absolute Gasteiger partial charge is 0.377 e. The normalized spacial score (nSPS) is 12.2. The molecule has 1 unspecified atom stereocenters. The molecule has 0 fully saturated rings. The minimum atomic E-state index is -0.263. The van der Waals surface area contributed by atoms with E-state index in [4.69, 9.17) is 17.3 Å². The summed E-state index contributed by atoms with van der Waals surface area (Å²) in [5.74, 6) is -0.253. The maximum atomic E-state index is 13.8. The van der Waals surface area contributed by atoms with Gasteiger partial charge in [0.25, 0.3) is 0 Å². The van der Waals surface area contributed by atoms with Crippen molar-refractivity contribution in [2.75, 3.05) is 11.9 Å². The summed E-state index contributed by atoms with van der Waals surface area (Å²) in [6, 6.07) is 11.9. The molecule has 0 amide bonds. The van der Waals surface area contributed by atoms with E-state index >= 15 is 0 Å². The van der Waals surface area contributed by atoms with Crippen LogP contribution in [0.4, 0.5) is 10.1 Å². The highest BCUT2D eigenvalue weighted by Crippen LogP contribution is 2.25. The van der Waals surface area contributed by atoms with Crippen LogP contribution in [0.2, 0.25) is 5.02 Å². The molecular weight excluding hydrogens is 263 g/mol. The molecule has 19 heavy (non-hydrogen) atoms. The molecule has 0 aliphatic rings. The highest BCUT2D eigenvalue weighted by Gasteiger charge is 2.14. The molecule has 0 heterocycles. The lowest BCUT2D eigenvalue weighted by Gasteiger charge is -2.20. The quantitative estimate of drug-likeness (QED) is 0.890. The molecule has 2 aromatic carbocycles. The lowest BCUT2D eigenvalue weighted by Crippen LogP contribution is -2.22. The fourth-order valence-electron chi connectivity index (χ4n) is 2.00. The molecule has 4 heteroatoms. The predicted molar refractivity (Wildman–Crippen MR) is 78.0 cm³/mol. The Morgan fingerprint density at radius 3 is 2.63 bits per heavy atom. The third-order valence-corrected chi connectivity index (χ3v) is 3.27. The van der Waals surface area contributed by atoms with Crippen molar-refractivity contribution in [2.24, 2.45) is 5.73 Å². The first-order chi connectivity index (χ1) is 9.11. The molecule has 2 rings (SSSR count). The molecule has 0 aromatic heterocycles. The molecule has 100 valence electrons. The second-order valence-electron chi connectivity index (χ2n) is 4.41. The lowest BCUT2D eigenvalue weighted by molar-refractivity contribution is 0.593. The maximum absolute atomic E-state index is 13.8. The monoisotopic (exact) mass is 278 g/mol. The van der Waals surface area contributed by atoms with E-state index in [2.05, 4.69) is 5.32 Å². The average molecular weight is 279 g/mol. The van der Waals surface area contributed by atoms with Crippen LogP contribution in [0, 0.1) is 12.7 Å². The first kappa shape index (κ1) is 13.8. The molecule has 0 aliphatic heterocycles. The van der Waals surface area contributed by atoms with Crippen molar-refractivity contribution in [3.8, 4) is 0 Å². The smallest absolute Gasteiger partial charge is 0.128 e. The van der Waals surface area contributed by atoms with Gasteiger partial charge in [0.2, 0.25) is 0 Å². The minimum Gasteiger partial charge on any atom is -0.377 e. The van der Waals surface area contributed by atoms with Gasteiger partial charge >= 0.3 is 0 Å². The van der Waals surface area contributed by atoms with Crippen LogP contribution >= 0.6 is 11.6 Å². The van der Waals surface area contributed by atoms with E-state index in [0.717, 1.165) is 11.3 Å². The third-order valence-electron chi connectivity index (χ3n) is 3.03. The second-order valence-corrected chi connectivity index (χ2v) is 4.85.